The fourth-order valence-corrected chi connectivity index (χ4v) is 3.19. The molecule has 1 rings (SSSR count). The summed E-state index contributed by atoms with van der Waals surface area (Å²) in [6.07, 6.45) is 3.53. The molecule has 6 nitrogen and oxygen atoms in total. The third kappa shape index (κ3) is 5.42. The van der Waals surface area contributed by atoms with E-state index in [9.17, 15) is 8.42 Å². The van der Waals surface area contributed by atoms with Crippen LogP contribution in [-0.2, 0) is 16.8 Å². The van der Waals surface area contributed by atoms with Crippen LogP contribution < -0.4 is 0 Å². The van der Waals surface area contributed by atoms with Crippen LogP contribution in [-0.4, -0.2) is 42.1 Å². The Balaban J connectivity index is 2.87. The number of rotatable bonds is 9. The summed E-state index contributed by atoms with van der Waals surface area (Å²) in [6.45, 7) is 2.85. The summed E-state index contributed by atoms with van der Waals surface area (Å²) in [7, 11) is -2.00. The van der Waals surface area contributed by atoms with Crippen molar-refractivity contribution in [1.29, 1.82) is 5.26 Å². The van der Waals surface area contributed by atoms with E-state index in [4.69, 9.17) is 5.26 Å². The van der Waals surface area contributed by atoms with Crippen LogP contribution in [0.2, 0.25) is 0 Å². The summed E-state index contributed by atoms with van der Waals surface area (Å²) in [5.74, 6) is 0. The molecule has 0 amide bonds. The van der Waals surface area contributed by atoms with Crippen molar-refractivity contribution < 1.29 is 8.42 Å². The molecule has 21 heavy (non-hydrogen) atoms. The molecule has 0 fully saturated rings. The van der Waals surface area contributed by atoms with Crippen LogP contribution in [0.1, 0.15) is 31.9 Å². The number of hydrogen-bond donors (Lipinski definition) is 0. The fraction of sp³-hybridized carbons (Fsp3) is 0.571. The van der Waals surface area contributed by atoms with Crippen molar-refractivity contribution in [1.82, 2.24) is 13.6 Å². The van der Waals surface area contributed by atoms with E-state index >= 15 is 0 Å². The molecule has 0 unspecified atom stereocenters. The lowest BCUT2D eigenvalue weighted by Crippen LogP contribution is -2.42. The molecule has 0 N–H and O–H groups in total. The van der Waals surface area contributed by atoms with Crippen LogP contribution >= 0.6 is 0 Å². The molecule has 0 saturated carbocycles. The highest BCUT2D eigenvalue weighted by atomic mass is 32.2. The molecule has 116 valence electrons. The summed E-state index contributed by atoms with van der Waals surface area (Å²) >= 11 is 0. The third-order valence-electron chi connectivity index (χ3n) is 3.08. The first-order valence-corrected chi connectivity index (χ1v) is 8.40. The zero-order valence-electron chi connectivity index (χ0n) is 12.6. The molecule has 0 aliphatic heterocycles. The van der Waals surface area contributed by atoms with Gasteiger partial charge < -0.3 is 0 Å². The predicted molar refractivity (Wildman–Crippen MR) is 81.3 cm³/mol. The number of nitrogens with zero attached hydrogens (tertiary/aromatic N) is 4. The molecule has 0 aliphatic rings. The van der Waals surface area contributed by atoms with Crippen molar-refractivity contribution >= 4 is 10.2 Å². The van der Waals surface area contributed by atoms with Gasteiger partial charge in [0.15, 0.2) is 0 Å². The Hall–Kier alpha value is -1.49. The van der Waals surface area contributed by atoms with E-state index in [2.05, 4.69) is 4.98 Å². The van der Waals surface area contributed by atoms with Gasteiger partial charge in [-0.25, -0.2) is 0 Å². The molecule has 0 atom stereocenters. The van der Waals surface area contributed by atoms with Crippen LogP contribution in [0.4, 0.5) is 0 Å². The second kappa shape index (κ2) is 8.72. The van der Waals surface area contributed by atoms with Crippen molar-refractivity contribution in [2.45, 2.75) is 32.7 Å². The Bertz CT molecular complexity index is 554. The van der Waals surface area contributed by atoms with E-state index in [-0.39, 0.29) is 19.5 Å². The van der Waals surface area contributed by atoms with Gasteiger partial charge in [0.25, 0.3) is 10.2 Å². The van der Waals surface area contributed by atoms with Crippen LogP contribution in [0.3, 0.4) is 0 Å². The molecular weight excluding hydrogens is 288 g/mol. The van der Waals surface area contributed by atoms with Gasteiger partial charge in [-0.05, 0) is 18.6 Å². The molecule has 1 aromatic heterocycles. The van der Waals surface area contributed by atoms with Crippen molar-refractivity contribution in [2.75, 3.05) is 20.1 Å². The van der Waals surface area contributed by atoms with Crippen LogP contribution in [0.15, 0.2) is 24.4 Å². The van der Waals surface area contributed by atoms with Crippen LogP contribution in [0.25, 0.3) is 0 Å². The lowest BCUT2D eigenvalue weighted by molar-refractivity contribution is 0.353. The minimum atomic E-state index is -3.57. The number of unbranched alkanes of at least 4 members (excludes halogenated alkanes) is 1. The monoisotopic (exact) mass is 310 g/mol. The second-order valence-electron chi connectivity index (χ2n) is 4.75. The van der Waals surface area contributed by atoms with Gasteiger partial charge in [-0.3, -0.25) is 4.98 Å². The number of aromatic nitrogens is 1. The number of nitriles is 1. The molecule has 0 spiro atoms. The molecular formula is C14H22N4O2S. The van der Waals surface area contributed by atoms with E-state index in [0.717, 1.165) is 12.8 Å². The van der Waals surface area contributed by atoms with E-state index in [1.54, 1.807) is 25.4 Å². The molecule has 1 heterocycles. The van der Waals surface area contributed by atoms with E-state index in [1.165, 1.54) is 8.61 Å². The van der Waals surface area contributed by atoms with Gasteiger partial charge in [0.2, 0.25) is 0 Å². The fourth-order valence-electron chi connectivity index (χ4n) is 1.82. The van der Waals surface area contributed by atoms with Crippen LogP contribution in [0.5, 0.6) is 0 Å². The number of pyridine rings is 1. The minimum absolute atomic E-state index is 0.160. The van der Waals surface area contributed by atoms with E-state index in [1.807, 2.05) is 19.1 Å². The van der Waals surface area contributed by atoms with Gasteiger partial charge in [-0.2, -0.15) is 22.3 Å². The molecule has 0 bridgehead atoms. The highest BCUT2D eigenvalue weighted by molar-refractivity contribution is 7.86. The second-order valence-corrected chi connectivity index (χ2v) is 6.78. The average molecular weight is 310 g/mol. The quantitative estimate of drug-likeness (QED) is 0.696. The first kappa shape index (κ1) is 17.6. The summed E-state index contributed by atoms with van der Waals surface area (Å²) < 4.78 is 27.8. The van der Waals surface area contributed by atoms with Crippen molar-refractivity contribution in [3.63, 3.8) is 0 Å². The topological polar surface area (TPSA) is 77.3 Å². The van der Waals surface area contributed by atoms with E-state index < -0.39 is 10.2 Å². The lowest BCUT2D eigenvalue weighted by Gasteiger charge is -2.26. The molecule has 0 radical (unpaired) electrons. The Kier molecular flexibility index (Phi) is 7.29. The number of hydrogen-bond acceptors (Lipinski definition) is 4. The Morgan fingerprint density at radius 1 is 1.33 bits per heavy atom. The maximum absolute atomic E-state index is 12.6. The van der Waals surface area contributed by atoms with Gasteiger partial charge in [-0.1, -0.05) is 19.4 Å². The van der Waals surface area contributed by atoms with Gasteiger partial charge in [-0.15, -0.1) is 0 Å². The molecule has 0 aromatic carbocycles. The van der Waals surface area contributed by atoms with Crippen molar-refractivity contribution in [3.05, 3.63) is 30.1 Å². The SMILES string of the molecule is CCCCN(C)S(=O)(=O)N(CCC#N)Cc1ccccn1. The maximum atomic E-state index is 12.6. The van der Waals surface area contributed by atoms with Gasteiger partial charge in [0.1, 0.15) is 0 Å². The zero-order chi connectivity index (χ0) is 15.7. The zero-order valence-corrected chi connectivity index (χ0v) is 13.4. The minimum Gasteiger partial charge on any atom is -0.260 e. The average Bonchev–Trinajstić information content (AvgIpc) is 2.49. The highest BCUT2D eigenvalue weighted by Gasteiger charge is 2.26. The smallest absolute Gasteiger partial charge is 0.260 e. The molecule has 0 aliphatic carbocycles. The van der Waals surface area contributed by atoms with E-state index in [0.29, 0.717) is 12.2 Å². The summed E-state index contributed by atoms with van der Waals surface area (Å²) in [5.41, 5.74) is 0.669. The summed E-state index contributed by atoms with van der Waals surface area (Å²) in [4.78, 5) is 4.15. The highest BCUT2D eigenvalue weighted by Crippen LogP contribution is 2.12. The first-order valence-electron chi connectivity index (χ1n) is 7.00. The standard InChI is InChI=1S/C14H22N4O2S/c1-3-4-11-17(2)21(19,20)18(12-7-9-15)13-14-8-5-6-10-16-14/h5-6,8,10H,3-4,7,11-13H2,1-2H3. The molecule has 7 heteroatoms. The lowest BCUT2D eigenvalue weighted by atomic mass is 10.3. The van der Waals surface area contributed by atoms with Gasteiger partial charge in [0, 0.05) is 32.8 Å². The normalized spacial score (nSPS) is 11.8. The Labute approximate surface area is 127 Å². The van der Waals surface area contributed by atoms with Gasteiger partial charge in [0.05, 0.1) is 18.3 Å². The predicted octanol–water partition coefficient (Wildman–Crippen LogP) is 1.77. The molecule has 0 saturated heterocycles. The summed E-state index contributed by atoms with van der Waals surface area (Å²) in [5, 5.41) is 8.73. The van der Waals surface area contributed by atoms with Crippen molar-refractivity contribution in [2.24, 2.45) is 0 Å². The van der Waals surface area contributed by atoms with Crippen molar-refractivity contribution in [3.8, 4) is 6.07 Å². The maximum Gasteiger partial charge on any atom is 0.282 e. The largest absolute Gasteiger partial charge is 0.282 e. The summed E-state index contributed by atoms with van der Waals surface area (Å²) in [6, 6.07) is 7.37. The first-order chi connectivity index (χ1) is 10.0. The van der Waals surface area contributed by atoms with Crippen LogP contribution in [0, 0.1) is 11.3 Å². The third-order valence-corrected chi connectivity index (χ3v) is 5.02. The Morgan fingerprint density at radius 2 is 2.10 bits per heavy atom. The van der Waals surface area contributed by atoms with Gasteiger partial charge >= 0.3 is 0 Å². The molecule has 1 aromatic rings. The Morgan fingerprint density at radius 3 is 2.67 bits per heavy atom.